The number of aromatic nitrogens is 1. The van der Waals surface area contributed by atoms with Crippen LogP contribution in [0.4, 0.5) is 0 Å². The Morgan fingerprint density at radius 3 is 2.45 bits per heavy atom. The third-order valence-corrected chi connectivity index (χ3v) is 17.7. The minimum atomic E-state index is -1.61. The lowest BCUT2D eigenvalue weighted by atomic mass is 9.55. The third kappa shape index (κ3) is 10.1. The predicted molar refractivity (Wildman–Crippen MR) is 277 cm³/mol. The van der Waals surface area contributed by atoms with E-state index in [1.54, 1.807) is 65.1 Å². The van der Waals surface area contributed by atoms with Crippen molar-refractivity contribution >= 4 is 38.1 Å². The highest BCUT2D eigenvalue weighted by atomic mass is 33.1. The third-order valence-electron chi connectivity index (χ3n) is 15.3. The van der Waals surface area contributed by atoms with Crippen molar-refractivity contribution in [3.05, 3.63) is 147 Å². The van der Waals surface area contributed by atoms with E-state index in [0.29, 0.717) is 59.9 Å². The molecule has 6 aromatic rings. The van der Waals surface area contributed by atoms with Crippen molar-refractivity contribution in [2.24, 2.45) is 17.8 Å². The molecule has 2 fully saturated rings. The van der Waals surface area contributed by atoms with Crippen LogP contribution in [0.25, 0.3) is 10.8 Å². The Hall–Kier alpha value is -5.11. The number of hydrogen-bond acceptors (Lipinski definition) is 11. The topological polar surface area (TPSA) is 164 Å². The monoisotopic (exact) mass is 970 g/mol. The van der Waals surface area contributed by atoms with Gasteiger partial charge in [0.1, 0.15) is 5.75 Å². The fourth-order valence-corrected chi connectivity index (χ4v) is 14.3. The predicted octanol–water partition coefficient (Wildman–Crippen LogP) is 10.3. The smallest absolute Gasteiger partial charge is 0.164 e. The number of aliphatic hydroxyl groups excluding tert-OH is 2. The summed E-state index contributed by atoms with van der Waals surface area (Å²) in [5.41, 5.74) is 6.60. The molecule has 0 saturated heterocycles. The Bertz CT molecular complexity index is 2760. The number of aliphatic hydroxyl groups is 2. The number of fused-ring (bicyclic) bond motifs is 2. The number of methoxy groups -OCH3 is 1. The first-order valence-corrected chi connectivity index (χ1v) is 27.1. The van der Waals surface area contributed by atoms with Crippen LogP contribution in [0.15, 0.2) is 97.3 Å². The Balaban J connectivity index is 1.20. The quantitative estimate of drug-likeness (QED) is 0.0619. The highest BCUT2D eigenvalue weighted by Crippen LogP contribution is 2.51. The van der Waals surface area contributed by atoms with Crippen molar-refractivity contribution in [3.63, 3.8) is 0 Å². The Labute approximate surface area is 413 Å². The van der Waals surface area contributed by atoms with E-state index < -0.39 is 35.4 Å². The van der Waals surface area contributed by atoms with Gasteiger partial charge in [-0.3, -0.25) is 4.79 Å². The molecule has 9 rings (SSSR count). The van der Waals surface area contributed by atoms with Crippen molar-refractivity contribution in [2.75, 3.05) is 19.9 Å². The van der Waals surface area contributed by atoms with Crippen LogP contribution in [0.5, 0.6) is 28.7 Å². The average molecular weight is 971 g/mol. The van der Waals surface area contributed by atoms with Gasteiger partial charge >= 0.3 is 0 Å². The van der Waals surface area contributed by atoms with Crippen LogP contribution < -0.4 is 14.8 Å². The van der Waals surface area contributed by atoms with Gasteiger partial charge in [-0.05, 0) is 168 Å². The molecule has 6 unspecified atom stereocenters. The molecule has 6 atom stereocenters. The van der Waals surface area contributed by atoms with Crippen LogP contribution >= 0.6 is 21.6 Å². The number of ketones is 1. The number of ether oxygens (including phenoxy) is 2. The fourth-order valence-electron chi connectivity index (χ4n) is 11.8. The van der Waals surface area contributed by atoms with E-state index in [9.17, 15) is 25.5 Å². The first kappa shape index (κ1) is 48.9. The van der Waals surface area contributed by atoms with Crippen LogP contribution in [0.2, 0.25) is 0 Å². The van der Waals surface area contributed by atoms with Crippen molar-refractivity contribution in [1.29, 1.82) is 0 Å². The summed E-state index contributed by atoms with van der Waals surface area (Å²) in [6.45, 7) is 2.58. The average Bonchev–Trinajstić information content (AvgIpc) is 3.86. The van der Waals surface area contributed by atoms with Crippen LogP contribution in [-0.2, 0) is 54.6 Å². The van der Waals surface area contributed by atoms with Gasteiger partial charge in [-0.2, -0.15) is 0 Å². The van der Waals surface area contributed by atoms with E-state index in [2.05, 4.69) is 47.6 Å². The SMILES string of the molecule is CCc1ccc2cccc3c2c1Cc1c(ccc(O)c1OC)CC(Cc1cc[nH]c1)C(O)C1C(=O)C(Cc2ccc(O)c(OC4CCCCC4)c2)(c2cc(O)cc(CNC)c2)C(O)CC1CSSC3. The molecule has 2 aliphatic carbocycles. The molecular formula is C57H66N2O8S2. The number of nitrogens with one attached hydrogen (secondary N) is 2. The lowest BCUT2D eigenvalue weighted by molar-refractivity contribution is -0.149. The number of rotatable bonds is 11. The number of carbonyl (C=O) groups excluding carboxylic acids is 1. The molecule has 1 aliphatic heterocycles. The maximum Gasteiger partial charge on any atom is 0.164 e. The molecule has 12 heteroatoms. The largest absolute Gasteiger partial charge is 0.508 e. The first-order chi connectivity index (χ1) is 33.5. The van der Waals surface area contributed by atoms with Gasteiger partial charge in [0.05, 0.1) is 30.8 Å². The molecule has 5 aromatic carbocycles. The van der Waals surface area contributed by atoms with Gasteiger partial charge in [-0.25, -0.2) is 0 Å². The first-order valence-electron chi connectivity index (χ1n) is 24.6. The summed E-state index contributed by atoms with van der Waals surface area (Å²) in [6.07, 6.45) is 8.80. The van der Waals surface area contributed by atoms with Gasteiger partial charge in [0.25, 0.3) is 0 Å². The molecule has 0 radical (unpaired) electrons. The van der Waals surface area contributed by atoms with Crippen LogP contribution in [-0.4, -0.2) is 74.5 Å². The number of benzene rings is 5. The van der Waals surface area contributed by atoms with E-state index in [1.807, 2.05) is 37.6 Å². The number of aromatic hydroxyl groups is 3. The Morgan fingerprint density at radius 2 is 1.68 bits per heavy atom. The second-order valence-electron chi connectivity index (χ2n) is 19.6. The normalized spacial score (nSPS) is 23.7. The van der Waals surface area contributed by atoms with Gasteiger partial charge in [0.15, 0.2) is 28.8 Å². The molecule has 1 aromatic heterocycles. The number of Topliss-reactive ketones (excluding diaryl/α,β-unsaturated/α-hetero) is 1. The van der Waals surface area contributed by atoms with Crippen molar-refractivity contribution < 1.29 is 39.8 Å². The molecule has 0 amide bonds. The van der Waals surface area contributed by atoms with Gasteiger partial charge in [0, 0.05) is 48.3 Å². The number of hydrogen-bond donors (Lipinski definition) is 7. The Kier molecular flexibility index (Phi) is 15.2. The molecule has 2 heterocycles. The van der Waals surface area contributed by atoms with Gasteiger partial charge in [0.2, 0.25) is 0 Å². The lowest BCUT2D eigenvalue weighted by Gasteiger charge is -2.49. The number of aryl methyl sites for hydroxylation is 1. The number of H-pyrrole nitrogens is 1. The summed E-state index contributed by atoms with van der Waals surface area (Å²) in [7, 11) is 6.79. The zero-order valence-electron chi connectivity index (χ0n) is 39.9. The number of phenolic OH excluding ortho intramolecular Hbond substituents is 3. The van der Waals surface area contributed by atoms with Crippen LogP contribution in [0, 0.1) is 17.8 Å². The maximum absolute atomic E-state index is 16.5. The fraction of sp³-hybridized carbons (Fsp3) is 0.421. The second kappa shape index (κ2) is 21.5. The van der Waals surface area contributed by atoms with Crippen molar-refractivity contribution in [1.82, 2.24) is 10.3 Å². The second-order valence-corrected chi connectivity index (χ2v) is 22.1. The number of phenols is 3. The van der Waals surface area contributed by atoms with Gasteiger partial charge in [-0.1, -0.05) is 83.5 Å². The molecule has 10 nitrogen and oxygen atoms in total. The number of carbonyl (C=O) groups is 1. The number of aromatic amines is 1. The van der Waals surface area contributed by atoms with E-state index >= 15 is 4.79 Å². The molecule has 0 bridgehead atoms. The van der Waals surface area contributed by atoms with Crippen molar-refractivity contribution in [3.8, 4) is 28.7 Å². The maximum atomic E-state index is 16.5. The van der Waals surface area contributed by atoms with Crippen molar-refractivity contribution in [2.45, 2.75) is 114 Å². The van der Waals surface area contributed by atoms with Crippen LogP contribution in [0.3, 0.4) is 0 Å². The minimum absolute atomic E-state index is 0.0116. The summed E-state index contributed by atoms with van der Waals surface area (Å²) in [5.74, 6) is -0.195. The minimum Gasteiger partial charge on any atom is -0.508 e. The zero-order chi connectivity index (χ0) is 48.2. The summed E-state index contributed by atoms with van der Waals surface area (Å²) in [5, 5.41) is 65.8. The lowest BCUT2D eigenvalue weighted by Crippen LogP contribution is -2.61. The van der Waals surface area contributed by atoms with E-state index in [-0.39, 0.29) is 42.0 Å². The zero-order valence-corrected chi connectivity index (χ0v) is 41.5. The van der Waals surface area contributed by atoms with E-state index in [1.165, 1.54) is 22.1 Å². The molecule has 69 heavy (non-hydrogen) atoms. The van der Waals surface area contributed by atoms with E-state index in [0.717, 1.165) is 66.2 Å². The van der Waals surface area contributed by atoms with Gasteiger partial charge in [-0.15, -0.1) is 0 Å². The highest BCUT2D eigenvalue weighted by molar-refractivity contribution is 8.76. The Morgan fingerprint density at radius 1 is 0.855 bits per heavy atom. The van der Waals surface area contributed by atoms with E-state index in [4.69, 9.17) is 9.47 Å². The molecular weight excluding hydrogens is 905 g/mol. The molecule has 364 valence electrons. The summed E-state index contributed by atoms with van der Waals surface area (Å²) < 4.78 is 12.5. The standard InChI is InChI=1S/C57H66N2O8S2/c1-4-37-14-15-38-9-8-10-40-32-68-69-33-42-26-51(63)57(43-22-36(30-58-2)23-44(60)27-43,29-34-13-17-48(61)50(24-34)67-45-11-6-5-7-12-45)56(65)53(42)54(64)41(21-35-19-20-59-31-35)25-39-16-18-49(62)55(66-3)47(39)28-46(37)52(38)40/h8-10,13-20,22-24,27,31,41-42,45,51,53-54,58-64H,4-7,11-12,21,25-26,28-30,32-33H2,1-3H3. The van der Waals surface area contributed by atoms with Gasteiger partial charge < -0.3 is 45.3 Å². The molecule has 0 spiro atoms. The summed E-state index contributed by atoms with van der Waals surface area (Å²) in [6, 6.07) is 26.8. The van der Waals surface area contributed by atoms with Crippen LogP contribution in [0.1, 0.15) is 95.5 Å². The molecule has 7 N–H and O–H groups in total. The molecule has 3 aliphatic rings. The summed E-state index contributed by atoms with van der Waals surface area (Å²) in [4.78, 5) is 19.7. The highest BCUT2D eigenvalue weighted by Gasteiger charge is 2.57. The summed E-state index contributed by atoms with van der Waals surface area (Å²) >= 11 is 0. The molecule has 2 saturated carbocycles.